The lowest BCUT2D eigenvalue weighted by Crippen LogP contribution is -1.93. The van der Waals surface area contributed by atoms with Crippen molar-refractivity contribution in [1.82, 2.24) is 0 Å². The molecule has 112 valence electrons. The van der Waals surface area contributed by atoms with Crippen LogP contribution in [0.25, 0.3) is 11.1 Å². The van der Waals surface area contributed by atoms with Gasteiger partial charge in [-0.1, -0.05) is 75.6 Å². The Bertz CT molecular complexity index is 542. The Morgan fingerprint density at radius 1 is 0.952 bits per heavy atom. The van der Waals surface area contributed by atoms with Crippen molar-refractivity contribution in [3.05, 3.63) is 54.1 Å². The van der Waals surface area contributed by atoms with Gasteiger partial charge in [-0.25, -0.2) is 0 Å². The number of unbranched alkanes of at least 4 members (excludes halogenated alkanes) is 1. The zero-order valence-corrected chi connectivity index (χ0v) is 13.2. The molecule has 1 heteroatoms. The quantitative estimate of drug-likeness (QED) is 0.634. The second-order valence-corrected chi connectivity index (χ2v) is 5.97. The summed E-state index contributed by atoms with van der Waals surface area (Å²) in [5.41, 5.74) is 3.37. The molecule has 1 N–H and O–H groups in total. The molecule has 0 aromatic heterocycles. The van der Waals surface area contributed by atoms with Crippen LogP contribution in [0.5, 0.6) is 5.75 Å². The summed E-state index contributed by atoms with van der Waals surface area (Å²) >= 11 is 0. The van der Waals surface area contributed by atoms with Gasteiger partial charge in [0.1, 0.15) is 5.75 Å². The molecule has 21 heavy (non-hydrogen) atoms. The maximum Gasteiger partial charge on any atom is 0.123 e. The number of phenolic OH excluding ortho intramolecular Hbond substituents is 1. The van der Waals surface area contributed by atoms with Crippen LogP contribution in [-0.4, -0.2) is 5.11 Å². The minimum absolute atomic E-state index is 0.346. The average molecular weight is 282 g/mol. The fourth-order valence-corrected chi connectivity index (χ4v) is 2.59. The first-order valence-electron chi connectivity index (χ1n) is 8.08. The Morgan fingerprint density at radius 2 is 1.67 bits per heavy atom. The smallest absolute Gasteiger partial charge is 0.123 e. The monoisotopic (exact) mass is 282 g/mol. The summed E-state index contributed by atoms with van der Waals surface area (Å²) in [5.74, 6) is 1.20. The molecule has 0 bridgehead atoms. The van der Waals surface area contributed by atoms with Gasteiger partial charge < -0.3 is 5.11 Å². The summed E-state index contributed by atoms with van der Waals surface area (Å²) < 4.78 is 0. The summed E-state index contributed by atoms with van der Waals surface area (Å²) in [6.45, 7) is 4.60. The molecule has 0 heterocycles. The van der Waals surface area contributed by atoms with Gasteiger partial charge in [0.15, 0.2) is 0 Å². The van der Waals surface area contributed by atoms with Crippen molar-refractivity contribution in [2.75, 3.05) is 0 Å². The number of phenols is 1. The molecule has 0 spiro atoms. The lowest BCUT2D eigenvalue weighted by atomic mass is 9.98. The van der Waals surface area contributed by atoms with E-state index in [2.05, 4.69) is 38.1 Å². The molecule has 2 aromatic rings. The van der Waals surface area contributed by atoms with Crippen LogP contribution in [0.4, 0.5) is 0 Å². The number of aromatic hydroxyl groups is 1. The molecule has 0 fully saturated rings. The van der Waals surface area contributed by atoms with Gasteiger partial charge in [-0.15, -0.1) is 0 Å². The molecule has 1 atom stereocenters. The lowest BCUT2D eigenvalue weighted by Gasteiger charge is -2.08. The highest BCUT2D eigenvalue weighted by molar-refractivity contribution is 5.69. The summed E-state index contributed by atoms with van der Waals surface area (Å²) in [7, 11) is 0. The van der Waals surface area contributed by atoms with E-state index in [1.165, 1.54) is 31.2 Å². The summed E-state index contributed by atoms with van der Waals surface area (Å²) in [6.07, 6.45) is 6.36. The molecule has 0 aliphatic rings. The molecule has 2 rings (SSSR count). The van der Waals surface area contributed by atoms with Crippen molar-refractivity contribution in [2.24, 2.45) is 5.92 Å². The minimum Gasteiger partial charge on any atom is -0.507 e. The Hall–Kier alpha value is -1.76. The van der Waals surface area contributed by atoms with E-state index >= 15 is 0 Å². The van der Waals surface area contributed by atoms with Gasteiger partial charge in [-0.3, -0.25) is 0 Å². The van der Waals surface area contributed by atoms with Crippen LogP contribution in [0, 0.1) is 5.92 Å². The van der Waals surface area contributed by atoms with Crippen LogP contribution < -0.4 is 0 Å². The highest BCUT2D eigenvalue weighted by Gasteiger charge is 2.03. The third kappa shape index (κ3) is 4.63. The Kier molecular flexibility index (Phi) is 5.86. The van der Waals surface area contributed by atoms with Gasteiger partial charge in [-0.2, -0.15) is 0 Å². The van der Waals surface area contributed by atoms with Crippen molar-refractivity contribution in [1.29, 1.82) is 0 Å². The van der Waals surface area contributed by atoms with Crippen LogP contribution in [0.15, 0.2) is 48.5 Å². The van der Waals surface area contributed by atoms with E-state index in [9.17, 15) is 5.11 Å². The molecular formula is C20H26O. The van der Waals surface area contributed by atoms with Crippen LogP contribution in [0.2, 0.25) is 0 Å². The minimum atomic E-state index is 0.346. The van der Waals surface area contributed by atoms with E-state index < -0.39 is 0 Å². The van der Waals surface area contributed by atoms with Gasteiger partial charge in [-0.05, 0) is 36.0 Å². The molecule has 0 aliphatic heterocycles. The van der Waals surface area contributed by atoms with Crippen LogP contribution in [0.3, 0.4) is 0 Å². The fourth-order valence-electron chi connectivity index (χ4n) is 2.59. The number of para-hydroxylation sites is 1. The van der Waals surface area contributed by atoms with Gasteiger partial charge >= 0.3 is 0 Å². The number of hydrogen-bond donors (Lipinski definition) is 1. The Balaban J connectivity index is 1.89. The molecule has 1 unspecified atom stereocenters. The molecule has 0 amide bonds. The van der Waals surface area contributed by atoms with E-state index in [0.29, 0.717) is 5.75 Å². The normalized spacial score (nSPS) is 12.3. The van der Waals surface area contributed by atoms with Crippen molar-refractivity contribution in [3.8, 4) is 16.9 Å². The third-order valence-corrected chi connectivity index (χ3v) is 4.28. The van der Waals surface area contributed by atoms with Crippen molar-refractivity contribution < 1.29 is 5.11 Å². The summed E-state index contributed by atoms with van der Waals surface area (Å²) in [4.78, 5) is 0. The topological polar surface area (TPSA) is 20.2 Å². The molecule has 0 saturated carbocycles. The highest BCUT2D eigenvalue weighted by atomic mass is 16.3. The van der Waals surface area contributed by atoms with Crippen molar-refractivity contribution in [3.63, 3.8) is 0 Å². The molecule has 2 aromatic carbocycles. The van der Waals surface area contributed by atoms with Gasteiger partial charge in [0.05, 0.1) is 0 Å². The molecular weight excluding hydrogens is 256 g/mol. The first-order valence-corrected chi connectivity index (χ1v) is 8.08. The molecule has 1 nitrogen and oxygen atoms in total. The van der Waals surface area contributed by atoms with Gasteiger partial charge in [0.2, 0.25) is 0 Å². The van der Waals surface area contributed by atoms with Gasteiger partial charge in [0.25, 0.3) is 0 Å². The zero-order valence-electron chi connectivity index (χ0n) is 13.2. The maximum absolute atomic E-state index is 9.88. The van der Waals surface area contributed by atoms with E-state index in [1.807, 2.05) is 18.2 Å². The number of rotatable bonds is 7. The Labute approximate surface area is 128 Å². The predicted octanol–water partition coefficient (Wildman–Crippen LogP) is 5.82. The van der Waals surface area contributed by atoms with Gasteiger partial charge in [0, 0.05) is 5.56 Å². The van der Waals surface area contributed by atoms with E-state index in [4.69, 9.17) is 0 Å². The first kappa shape index (κ1) is 15.6. The third-order valence-electron chi connectivity index (χ3n) is 4.28. The highest BCUT2D eigenvalue weighted by Crippen LogP contribution is 2.28. The predicted molar refractivity (Wildman–Crippen MR) is 90.6 cm³/mol. The van der Waals surface area contributed by atoms with E-state index in [1.54, 1.807) is 6.07 Å². The number of aryl methyl sites for hydroxylation is 1. The fraction of sp³-hybridized carbons (Fsp3) is 0.400. The van der Waals surface area contributed by atoms with Crippen molar-refractivity contribution >= 4 is 0 Å². The van der Waals surface area contributed by atoms with Crippen LogP contribution in [0.1, 0.15) is 45.1 Å². The van der Waals surface area contributed by atoms with E-state index in [0.717, 1.165) is 23.5 Å². The standard InChI is InChI=1S/C20H26O/c1-3-16(2)8-4-5-9-17-12-14-18(15-13-17)19-10-6-7-11-20(19)21/h6-7,10-16,21H,3-5,8-9H2,1-2H3. The number of hydrogen-bond acceptors (Lipinski definition) is 1. The maximum atomic E-state index is 9.88. The average Bonchev–Trinajstić information content (AvgIpc) is 2.52. The SMILES string of the molecule is CCC(C)CCCCc1ccc(-c2ccccc2O)cc1. The lowest BCUT2D eigenvalue weighted by molar-refractivity contribution is 0.477. The second-order valence-electron chi connectivity index (χ2n) is 5.97. The zero-order chi connectivity index (χ0) is 15.1. The first-order chi connectivity index (χ1) is 10.2. The van der Waals surface area contributed by atoms with Crippen LogP contribution in [-0.2, 0) is 6.42 Å². The van der Waals surface area contributed by atoms with E-state index in [-0.39, 0.29) is 0 Å². The second kappa shape index (κ2) is 7.87. The molecule has 0 aliphatic carbocycles. The Morgan fingerprint density at radius 3 is 2.33 bits per heavy atom. The summed E-state index contributed by atoms with van der Waals surface area (Å²) in [5, 5.41) is 9.88. The largest absolute Gasteiger partial charge is 0.507 e. The molecule has 0 saturated heterocycles. The summed E-state index contributed by atoms with van der Waals surface area (Å²) in [6, 6.07) is 16.1. The van der Waals surface area contributed by atoms with Crippen LogP contribution >= 0.6 is 0 Å². The van der Waals surface area contributed by atoms with Crippen molar-refractivity contribution in [2.45, 2.75) is 46.0 Å². The number of benzene rings is 2. The molecule has 0 radical (unpaired) electrons.